The van der Waals surface area contributed by atoms with Gasteiger partial charge in [-0.2, -0.15) is 0 Å². The number of nitrogens with zero attached hydrogens (tertiary/aromatic N) is 2. The maximum absolute atomic E-state index is 13.4. The molecule has 1 atom stereocenters. The van der Waals surface area contributed by atoms with Crippen molar-refractivity contribution in [3.05, 3.63) is 58.6 Å². The standard InChI is InChI=1S/C23H30BrN3O5S/c1-5-13-25-23(29)17(2)26(15-18-7-6-8-21(14-18)32-3)22(28)16-27(33(4,30)31)20-11-9-19(24)10-12-20/h6-12,14,17H,5,13,15-16H2,1-4H3,(H,25,29)/t17-/m1/s1. The van der Waals surface area contributed by atoms with Crippen molar-refractivity contribution in [1.29, 1.82) is 0 Å². The van der Waals surface area contributed by atoms with Crippen LogP contribution in [0.2, 0.25) is 0 Å². The fraction of sp³-hybridized carbons (Fsp3) is 0.391. The van der Waals surface area contributed by atoms with Crippen LogP contribution in [0, 0.1) is 0 Å². The van der Waals surface area contributed by atoms with Gasteiger partial charge in [-0.25, -0.2) is 8.42 Å². The van der Waals surface area contributed by atoms with Crippen molar-refractivity contribution in [3.8, 4) is 5.75 Å². The molecular weight excluding hydrogens is 510 g/mol. The van der Waals surface area contributed by atoms with Gasteiger partial charge in [-0.1, -0.05) is 35.0 Å². The van der Waals surface area contributed by atoms with E-state index in [2.05, 4.69) is 21.2 Å². The van der Waals surface area contributed by atoms with Gasteiger partial charge in [0.2, 0.25) is 21.8 Å². The van der Waals surface area contributed by atoms with Gasteiger partial charge < -0.3 is 15.0 Å². The number of ether oxygens (including phenoxy) is 1. The van der Waals surface area contributed by atoms with Gasteiger partial charge in [0, 0.05) is 17.6 Å². The summed E-state index contributed by atoms with van der Waals surface area (Å²) in [6, 6.07) is 13.0. The zero-order valence-corrected chi connectivity index (χ0v) is 21.6. The Morgan fingerprint density at radius 3 is 2.39 bits per heavy atom. The van der Waals surface area contributed by atoms with Gasteiger partial charge in [-0.05, 0) is 55.3 Å². The minimum atomic E-state index is -3.75. The Labute approximate surface area is 204 Å². The van der Waals surface area contributed by atoms with Crippen LogP contribution in [0.3, 0.4) is 0 Å². The molecule has 0 fully saturated rings. The average Bonchev–Trinajstić information content (AvgIpc) is 2.79. The van der Waals surface area contributed by atoms with Crippen LogP contribution in [0.1, 0.15) is 25.8 Å². The maximum Gasteiger partial charge on any atom is 0.244 e. The fourth-order valence-corrected chi connectivity index (χ4v) is 4.28. The molecule has 0 radical (unpaired) electrons. The monoisotopic (exact) mass is 539 g/mol. The number of hydrogen-bond donors (Lipinski definition) is 1. The highest BCUT2D eigenvalue weighted by Gasteiger charge is 2.30. The summed E-state index contributed by atoms with van der Waals surface area (Å²) >= 11 is 3.33. The van der Waals surface area contributed by atoms with Gasteiger partial charge >= 0.3 is 0 Å². The second-order valence-electron chi connectivity index (χ2n) is 7.59. The molecule has 180 valence electrons. The number of rotatable bonds is 11. The summed E-state index contributed by atoms with van der Waals surface area (Å²) in [7, 11) is -2.21. The third-order valence-electron chi connectivity index (χ3n) is 5.00. The van der Waals surface area contributed by atoms with E-state index < -0.39 is 28.5 Å². The Kier molecular flexibility index (Phi) is 9.72. The summed E-state index contributed by atoms with van der Waals surface area (Å²) in [4.78, 5) is 27.5. The van der Waals surface area contributed by atoms with Gasteiger partial charge in [0.05, 0.1) is 19.1 Å². The van der Waals surface area contributed by atoms with Crippen molar-refractivity contribution in [2.45, 2.75) is 32.9 Å². The molecule has 0 aliphatic carbocycles. The first-order valence-corrected chi connectivity index (χ1v) is 13.1. The zero-order chi connectivity index (χ0) is 24.6. The zero-order valence-electron chi connectivity index (χ0n) is 19.2. The van der Waals surface area contributed by atoms with E-state index in [1.54, 1.807) is 56.5 Å². The molecule has 0 aliphatic heterocycles. The lowest BCUT2D eigenvalue weighted by Gasteiger charge is -2.31. The number of anilines is 1. The van der Waals surface area contributed by atoms with Crippen LogP contribution in [0.5, 0.6) is 5.75 Å². The number of halogens is 1. The minimum absolute atomic E-state index is 0.120. The topological polar surface area (TPSA) is 96.0 Å². The Balaban J connectivity index is 2.37. The summed E-state index contributed by atoms with van der Waals surface area (Å²) in [5.74, 6) is -0.177. The van der Waals surface area contributed by atoms with Crippen molar-refractivity contribution in [3.63, 3.8) is 0 Å². The third kappa shape index (κ3) is 7.75. The normalized spacial score (nSPS) is 12.0. The Morgan fingerprint density at radius 2 is 1.82 bits per heavy atom. The first-order valence-electron chi connectivity index (χ1n) is 10.5. The lowest BCUT2D eigenvalue weighted by molar-refractivity contribution is -0.139. The van der Waals surface area contributed by atoms with Crippen LogP contribution in [0.25, 0.3) is 0 Å². The predicted molar refractivity (Wildman–Crippen MR) is 133 cm³/mol. The van der Waals surface area contributed by atoms with Crippen molar-refractivity contribution in [2.24, 2.45) is 0 Å². The van der Waals surface area contributed by atoms with Crippen LogP contribution in [-0.2, 0) is 26.2 Å². The number of benzene rings is 2. The molecule has 0 bridgehead atoms. The molecule has 0 saturated carbocycles. The third-order valence-corrected chi connectivity index (χ3v) is 6.67. The molecule has 0 spiro atoms. The maximum atomic E-state index is 13.4. The molecule has 1 N–H and O–H groups in total. The average molecular weight is 540 g/mol. The lowest BCUT2D eigenvalue weighted by atomic mass is 10.1. The Morgan fingerprint density at radius 1 is 1.15 bits per heavy atom. The molecule has 0 aromatic heterocycles. The fourth-order valence-electron chi connectivity index (χ4n) is 3.17. The van der Waals surface area contributed by atoms with Crippen LogP contribution < -0.4 is 14.4 Å². The highest BCUT2D eigenvalue weighted by molar-refractivity contribution is 9.10. The van der Waals surface area contributed by atoms with E-state index in [-0.39, 0.29) is 12.5 Å². The molecule has 0 saturated heterocycles. The van der Waals surface area contributed by atoms with E-state index in [9.17, 15) is 18.0 Å². The van der Waals surface area contributed by atoms with Crippen molar-refractivity contribution in [2.75, 3.05) is 30.8 Å². The minimum Gasteiger partial charge on any atom is -0.497 e. The van der Waals surface area contributed by atoms with E-state index >= 15 is 0 Å². The number of carbonyl (C=O) groups excluding carboxylic acids is 2. The molecule has 0 unspecified atom stereocenters. The van der Waals surface area contributed by atoms with Gasteiger partial charge in [0.25, 0.3) is 0 Å². The summed E-state index contributed by atoms with van der Waals surface area (Å²) in [6.45, 7) is 3.74. The molecule has 33 heavy (non-hydrogen) atoms. The van der Waals surface area contributed by atoms with E-state index in [0.29, 0.717) is 18.0 Å². The summed E-state index contributed by atoms with van der Waals surface area (Å²) in [5, 5.41) is 2.80. The second kappa shape index (κ2) is 12.0. The van der Waals surface area contributed by atoms with Gasteiger partial charge in [0.1, 0.15) is 18.3 Å². The molecule has 2 aromatic carbocycles. The Bertz CT molecular complexity index is 1060. The molecule has 2 rings (SSSR count). The van der Waals surface area contributed by atoms with E-state index in [1.165, 1.54) is 4.90 Å². The van der Waals surface area contributed by atoms with Gasteiger partial charge in [-0.3, -0.25) is 13.9 Å². The van der Waals surface area contributed by atoms with Crippen molar-refractivity contribution in [1.82, 2.24) is 10.2 Å². The molecule has 10 heteroatoms. The van der Waals surface area contributed by atoms with E-state index in [1.807, 2.05) is 13.0 Å². The van der Waals surface area contributed by atoms with Crippen LogP contribution in [0.15, 0.2) is 53.0 Å². The largest absolute Gasteiger partial charge is 0.497 e. The molecule has 8 nitrogen and oxygen atoms in total. The number of methoxy groups -OCH3 is 1. The highest BCUT2D eigenvalue weighted by atomic mass is 79.9. The van der Waals surface area contributed by atoms with Gasteiger partial charge in [0.15, 0.2) is 0 Å². The number of nitrogens with one attached hydrogen (secondary N) is 1. The number of hydrogen-bond acceptors (Lipinski definition) is 5. The van der Waals surface area contributed by atoms with Crippen molar-refractivity contribution < 1.29 is 22.7 Å². The van der Waals surface area contributed by atoms with Crippen molar-refractivity contribution >= 4 is 43.5 Å². The molecule has 2 amide bonds. The van der Waals surface area contributed by atoms with Gasteiger partial charge in [-0.15, -0.1) is 0 Å². The molecular formula is C23H30BrN3O5S. The van der Waals surface area contributed by atoms with Crippen LogP contribution >= 0.6 is 15.9 Å². The van der Waals surface area contributed by atoms with Crippen LogP contribution in [-0.4, -0.2) is 57.6 Å². The quantitative estimate of drug-likeness (QED) is 0.473. The number of amides is 2. The first kappa shape index (κ1) is 26.7. The second-order valence-corrected chi connectivity index (χ2v) is 10.4. The van der Waals surface area contributed by atoms with E-state index in [0.717, 1.165) is 27.0 Å². The SMILES string of the molecule is CCCNC(=O)[C@@H](C)N(Cc1cccc(OC)c1)C(=O)CN(c1ccc(Br)cc1)S(C)(=O)=O. The summed E-state index contributed by atoms with van der Waals surface area (Å²) in [6.07, 6.45) is 1.81. The smallest absolute Gasteiger partial charge is 0.244 e. The summed E-state index contributed by atoms with van der Waals surface area (Å²) in [5.41, 5.74) is 1.12. The number of carbonyl (C=O) groups is 2. The Hall–Kier alpha value is -2.59. The lowest BCUT2D eigenvalue weighted by Crippen LogP contribution is -2.51. The molecule has 0 aliphatic rings. The first-order chi connectivity index (χ1) is 15.6. The molecule has 2 aromatic rings. The molecule has 0 heterocycles. The highest BCUT2D eigenvalue weighted by Crippen LogP contribution is 2.22. The summed E-state index contributed by atoms with van der Waals surface area (Å²) < 4.78 is 32.1. The number of sulfonamides is 1. The van der Waals surface area contributed by atoms with Crippen LogP contribution in [0.4, 0.5) is 5.69 Å². The van der Waals surface area contributed by atoms with E-state index in [4.69, 9.17) is 4.74 Å². The predicted octanol–water partition coefficient (Wildman–Crippen LogP) is 3.17.